The maximum Gasteiger partial charge on any atom is 0.476 e. The number of rotatable bonds is 21. The molecule has 2 amide bonds. The summed E-state index contributed by atoms with van der Waals surface area (Å²) >= 11 is 0. The molecule has 23 heteroatoms. The summed E-state index contributed by atoms with van der Waals surface area (Å²) in [5.74, 6) is -0.0214. The van der Waals surface area contributed by atoms with Crippen molar-refractivity contribution in [3.63, 3.8) is 0 Å². The number of fused-ring (bicyclic) bond motifs is 1. The highest BCUT2D eigenvalue weighted by Gasteiger charge is 2.65. The van der Waals surface area contributed by atoms with Gasteiger partial charge in [-0.25, -0.2) is 19.2 Å². The first-order valence-corrected chi connectivity index (χ1v) is 25.2. The van der Waals surface area contributed by atoms with Crippen LogP contribution in [0.25, 0.3) is 28.3 Å². The molecule has 0 radical (unpaired) electrons. The molecule has 3 atom stereocenters. The van der Waals surface area contributed by atoms with E-state index in [1.807, 2.05) is 35.9 Å². The number of nitrogens with zero attached hydrogens (tertiary/aromatic N) is 10. The highest BCUT2D eigenvalue weighted by molar-refractivity contribution is 7.48. The lowest BCUT2D eigenvalue weighted by molar-refractivity contribution is -0.141. The quantitative estimate of drug-likeness (QED) is 0.0410. The zero-order chi connectivity index (χ0) is 52.3. The van der Waals surface area contributed by atoms with Crippen molar-refractivity contribution in [3.8, 4) is 22.5 Å². The number of pyridine rings is 2. The first-order valence-electron chi connectivity index (χ1n) is 23.7. The number of amides is 2. The molecule has 9 rings (SSSR count). The smallest absolute Gasteiger partial charge is 0.348 e. The Balaban J connectivity index is 0.936. The fourth-order valence-corrected chi connectivity index (χ4v) is 11.0. The number of aryl methyl sites for hydroxylation is 1. The predicted octanol–water partition coefficient (Wildman–Crippen LogP) is 9.52. The monoisotopic (exact) mass is 1030 g/mol. The fourth-order valence-electron chi connectivity index (χ4n) is 9.55. The summed E-state index contributed by atoms with van der Waals surface area (Å²) in [5.41, 5.74) is 0.182. The molecule has 1 saturated heterocycles. The molecule has 6 aromatic rings. The third-order valence-electron chi connectivity index (χ3n) is 13.4. The average molecular weight is 1030 g/mol. The van der Waals surface area contributed by atoms with E-state index in [1.165, 1.54) is 41.6 Å². The van der Waals surface area contributed by atoms with Crippen LogP contribution in [0.3, 0.4) is 0 Å². The molecule has 0 unspecified atom stereocenters. The molecule has 2 saturated carbocycles. The van der Waals surface area contributed by atoms with Crippen molar-refractivity contribution in [2.24, 2.45) is 5.41 Å². The maximum atomic E-state index is 14.7. The molecule has 2 aliphatic carbocycles. The number of hydrogen-bond donors (Lipinski definition) is 1. The van der Waals surface area contributed by atoms with Crippen LogP contribution in [0.5, 0.6) is 0 Å². The Morgan fingerprint density at radius 2 is 1.68 bits per heavy atom. The van der Waals surface area contributed by atoms with Gasteiger partial charge < -0.3 is 10.2 Å². The van der Waals surface area contributed by atoms with E-state index in [9.17, 15) is 36.1 Å². The molecule has 7 heterocycles. The Hall–Kier alpha value is -6.48. The first kappa shape index (κ1) is 51.4. The van der Waals surface area contributed by atoms with E-state index < -0.39 is 54.7 Å². The Bertz CT molecular complexity index is 3110. The number of hydrogen-bond acceptors (Lipinski definition) is 12. The van der Waals surface area contributed by atoms with Crippen LogP contribution in [0.2, 0.25) is 0 Å². The molecule has 17 nitrogen and oxygen atoms in total. The predicted molar refractivity (Wildman–Crippen MR) is 257 cm³/mol. The van der Waals surface area contributed by atoms with Crippen LogP contribution in [0, 0.1) is 12.3 Å². The zero-order valence-corrected chi connectivity index (χ0v) is 41.7. The van der Waals surface area contributed by atoms with Gasteiger partial charge in [-0.15, -0.1) is 13.2 Å². The van der Waals surface area contributed by atoms with Gasteiger partial charge in [0, 0.05) is 72.6 Å². The van der Waals surface area contributed by atoms with Crippen LogP contribution in [-0.4, -0.2) is 92.0 Å². The number of phosphoric acid groups is 1. The first-order chi connectivity index (χ1) is 34.5. The normalized spacial score (nSPS) is 18.8. The van der Waals surface area contributed by atoms with E-state index in [4.69, 9.17) is 18.6 Å². The minimum absolute atomic E-state index is 0.00494. The van der Waals surface area contributed by atoms with E-state index >= 15 is 0 Å². The van der Waals surface area contributed by atoms with Crippen molar-refractivity contribution in [1.29, 1.82) is 0 Å². The molecule has 3 fully saturated rings. The van der Waals surface area contributed by atoms with Gasteiger partial charge in [-0.1, -0.05) is 18.2 Å². The van der Waals surface area contributed by atoms with Crippen LogP contribution in [-0.2, 0) is 52.5 Å². The van der Waals surface area contributed by atoms with Crippen molar-refractivity contribution >= 4 is 25.4 Å². The molecule has 1 N–H and O–H groups in total. The molecular weight excluding hydrogens is 977 g/mol. The van der Waals surface area contributed by atoms with Gasteiger partial charge in [-0.3, -0.25) is 42.2 Å². The van der Waals surface area contributed by atoms with Gasteiger partial charge in [-0.2, -0.15) is 32.1 Å². The van der Waals surface area contributed by atoms with Gasteiger partial charge in [0.2, 0.25) is 17.6 Å². The molecule has 386 valence electrons. The van der Waals surface area contributed by atoms with Crippen molar-refractivity contribution in [2.75, 3.05) is 19.8 Å². The molecular formula is C50H55F5N11O6P. The largest absolute Gasteiger partial charge is 0.476 e. The standard InChI is InChI=1S/C50H55F5N11O6P/c1-8-18-70-73(69,71-19-9-2)72-48(6,7)41-15-12-33(24-56-41)39-21-42(50(53,54)55)62-66(39)29-47(4,5)61-43(67)40(20-31-23-58-65(26-31)45(51)52)64-17-16-49(44(64)68)22-36(49)35-13-14-37(59-30(35)3)34-25-57-46-60-38(32-10-11-32)28-63(46)27-34/h8-9,12-15,21,23-28,32,36,40,45H,1-2,10-11,16-20,22,29H2,3-7H3,(H,61,67)/t36-,40-,49+/m1/s1. The lowest BCUT2D eigenvalue weighted by Gasteiger charge is -2.33. The van der Waals surface area contributed by atoms with E-state index in [2.05, 4.69) is 43.6 Å². The second-order valence-corrected chi connectivity index (χ2v) is 21.5. The number of halogens is 5. The fraction of sp³-hybridized carbons (Fsp3) is 0.440. The summed E-state index contributed by atoms with van der Waals surface area (Å²) in [6.07, 6.45) is 10.2. The summed E-state index contributed by atoms with van der Waals surface area (Å²) in [5, 5.41) is 10.6. The second kappa shape index (κ2) is 19.4. The molecule has 6 aromatic heterocycles. The van der Waals surface area contributed by atoms with Gasteiger partial charge in [0.25, 0.3) is 0 Å². The Labute approximate surface area is 417 Å². The van der Waals surface area contributed by atoms with Gasteiger partial charge in [0.1, 0.15) is 11.6 Å². The van der Waals surface area contributed by atoms with Crippen LogP contribution >= 0.6 is 7.82 Å². The molecule has 0 aromatic carbocycles. The number of alkyl halides is 5. The summed E-state index contributed by atoms with van der Waals surface area (Å²) in [4.78, 5) is 49.4. The maximum absolute atomic E-state index is 14.7. The summed E-state index contributed by atoms with van der Waals surface area (Å²) < 4.78 is 104. The third kappa shape index (κ3) is 10.8. The highest BCUT2D eigenvalue weighted by atomic mass is 31.2. The number of aromatic nitrogens is 9. The Kier molecular flexibility index (Phi) is 13.7. The Morgan fingerprint density at radius 3 is 2.32 bits per heavy atom. The number of nitrogens with one attached hydrogen (secondary N) is 1. The van der Waals surface area contributed by atoms with E-state index in [1.54, 1.807) is 33.9 Å². The van der Waals surface area contributed by atoms with Crippen molar-refractivity contribution < 1.29 is 49.7 Å². The lowest BCUT2D eigenvalue weighted by atomic mass is 9.96. The van der Waals surface area contributed by atoms with Gasteiger partial charge >= 0.3 is 20.5 Å². The van der Waals surface area contributed by atoms with Crippen LogP contribution in [0.1, 0.15) is 106 Å². The van der Waals surface area contributed by atoms with Gasteiger partial charge in [-0.05, 0) is 95.7 Å². The average Bonchev–Trinajstić information content (AvgIpc) is 4.07. The SMILES string of the molecule is C=CCOP(=O)(OCC=C)OC(C)(C)c1ccc(-c2cc(C(F)(F)F)nn2CC(C)(C)NC(=O)[C@@H](Cc2cnn(C(F)F)c2)N2CC[C@@]3(C[C@@H]3c3ccc(-c4cnc5nc(C6CC6)cn5c4)nc3C)C2=O)cn1. The number of carbonyl (C=O) groups is 2. The minimum atomic E-state index is -4.85. The summed E-state index contributed by atoms with van der Waals surface area (Å²) in [6, 6.07) is 6.52. The topological polar surface area (TPSA) is 186 Å². The molecule has 3 aliphatic rings. The highest BCUT2D eigenvalue weighted by Crippen LogP contribution is 2.65. The zero-order valence-electron chi connectivity index (χ0n) is 40.9. The van der Waals surface area contributed by atoms with E-state index in [0.29, 0.717) is 34.9 Å². The number of likely N-dealkylation sites (tertiary alicyclic amines) is 1. The molecule has 0 bridgehead atoms. The van der Waals surface area contributed by atoms with E-state index in [-0.39, 0.29) is 67.1 Å². The van der Waals surface area contributed by atoms with Crippen molar-refractivity contribution in [3.05, 3.63) is 127 Å². The number of carbonyl (C=O) groups excluding carboxylic acids is 2. The van der Waals surface area contributed by atoms with Crippen molar-refractivity contribution in [2.45, 2.75) is 115 Å². The summed E-state index contributed by atoms with van der Waals surface area (Å²) in [6.45, 7) is 12.0. The van der Waals surface area contributed by atoms with Crippen LogP contribution in [0.4, 0.5) is 22.0 Å². The molecule has 1 spiro atoms. The molecule has 73 heavy (non-hydrogen) atoms. The van der Waals surface area contributed by atoms with E-state index in [0.717, 1.165) is 52.3 Å². The Morgan fingerprint density at radius 1 is 0.959 bits per heavy atom. The second-order valence-electron chi connectivity index (χ2n) is 19.9. The minimum Gasteiger partial charge on any atom is -0.348 e. The van der Waals surface area contributed by atoms with Crippen molar-refractivity contribution in [1.82, 2.24) is 54.1 Å². The lowest BCUT2D eigenvalue weighted by Crippen LogP contribution is -2.56. The summed E-state index contributed by atoms with van der Waals surface area (Å²) in [7, 11) is -4.16. The van der Waals surface area contributed by atoms with Crippen LogP contribution < -0.4 is 5.32 Å². The molecule has 1 aliphatic heterocycles. The van der Waals surface area contributed by atoms with Gasteiger partial charge in [0.05, 0.1) is 59.7 Å². The number of imidazole rings is 1. The van der Waals surface area contributed by atoms with Crippen LogP contribution in [0.15, 0.2) is 92.8 Å². The third-order valence-corrected chi connectivity index (χ3v) is 15.1. The number of phosphoric ester groups is 1. The van der Waals surface area contributed by atoms with Gasteiger partial charge in [0.15, 0.2) is 5.69 Å².